The van der Waals surface area contributed by atoms with Crippen molar-refractivity contribution in [2.75, 3.05) is 4.31 Å². The van der Waals surface area contributed by atoms with Crippen LogP contribution < -0.4 is 4.31 Å². The zero-order chi connectivity index (χ0) is 22.7. The van der Waals surface area contributed by atoms with Gasteiger partial charge in [0.05, 0.1) is 5.69 Å². The van der Waals surface area contributed by atoms with E-state index >= 15 is 0 Å². The largest absolute Gasteiger partial charge is 0.427 e. The molecule has 162 valence electrons. The average Bonchev–Trinajstić information content (AvgIpc) is 3.24. The summed E-state index contributed by atoms with van der Waals surface area (Å²) >= 11 is 3.32. The Labute approximate surface area is 193 Å². The predicted molar refractivity (Wildman–Crippen MR) is 123 cm³/mol. The van der Waals surface area contributed by atoms with Gasteiger partial charge in [-0.3, -0.25) is 0 Å². The number of carbonyl (C=O) groups excluding carboxylic acids is 1. The number of hydrogen-bond donors (Lipinski definition) is 1. The van der Waals surface area contributed by atoms with Crippen molar-refractivity contribution in [3.63, 3.8) is 0 Å². The van der Waals surface area contributed by atoms with Crippen LogP contribution in [0.15, 0.2) is 88.2 Å². The number of nitrogens with zero attached hydrogens (tertiary/aromatic N) is 1. The molecule has 0 radical (unpaired) electrons. The number of sulfonamides is 1. The number of halogens is 1. The van der Waals surface area contributed by atoms with Gasteiger partial charge in [-0.25, -0.2) is 17.5 Å². The van der Waals surface area contributed by atoms with E-state index in [1.165, 1.54) is 12.1 Å². The monoisotopic (exact) mass is 511 g/mol. The molecule has 1 N–H and O–H groups in total. The first-order valence-corrected chi connectivity index (χ1v) is 12.1. The lowest BCUT2D eigenvalue weighted by Crippen LogP contribution is -2.53. The number of fused-ring (bicyclic) bond motifs is 1. The molecule has 32 heavy (non-hydrogen) atoms. The van der Waals surface area contributed by atoms with E-state index in [-0.39, 0.29) is 16.2 Å². The number of aliphatic hydroxyl groups excluding tert-OH is 1. The molecule has 0 fully saturated rings. The Kier molecular flexibility index (Phi) is 4.77. The van der Waals surface area contributed by atoms with E-state index in [4.69, 9.17) is 4.74 Å². The summed E-state index contributed by atoms with van der Waals surface area (Å²) in [6.45, 7) is 1.85. The van der Waals surface area contributed by atoms with Gasteiger partial charge in [-0.05, 0) is 46.6 Å². The molecule has 0 aromatic heterocycles. The summed E-state index contributed by atoms with van der Waals surface area (Å²) in [6.07, 6.45) is -0.174. The molecule has 0 amide bonds. The number of ether oxygens (including phenoxy) is 1. The maximum Gasteiger partial charge on any atom is 0.333 e. The molecule has 5 rings (SSSR count). The Bertz CT molecular complexity index is 1390. The van der Waals surface area contributed by atoms with Gasteiger partial charge in [0.2, 0.25) is 0 Å². The van der Waals surface area contributed by atoms with Gasteiger partial charge in [-0.2, -0.15) is 0 Å². The second-order valence-corrected chi connectivity index (χ2v) is 10.3. The SMILES string of the molecule is Cc1ccc2c(c1)[C@H](O)[C@]1(OC(=O)C=C1c1ccccc1)N2S(=O)(=O)c1ccccc1Br. The molecule has 0 saturated heterocycles. The highest BCUT2D eigenvalue weighted by atomic mass is 79.9. The van der Waals surface area contributed by atoms with E-state index in [2.05, 4.69) is 15.9 Å². The molecular formula is C24H18BrNO5S. The lowest BCUT2D eigenvalue weighted by atomic mass is 9.91. The third-order valence-corrected chi connectivity index (χ3v) is 8.53. The van der Waals surface area contributed by atoms with Crippen LogP contribution in [0, 0.1) is 6.92 Å². The van der Waals surface area contributed by atoms with Gasteiger partial charge in [0, 0.05) is 21.7 Å². The van der Waals surface area contributed by atoms with Gasteiger partial charge >= 0.3 is 5.97 Å². The highest BCUT2D eigenvalue weighted by Gasteiger charge is 2.64. The van der Waals surface area contributed by atoms with Crippen molar-refractivity contribution in [2.24, 2.45) is 0 Å². The van der Waals surface area contributed by atoms with Gasteiger partial charge < -0.3 is 9.84 Å². The smallest absolute Gasteiger partial charge is 0.333 e. The van der Waals surface area contributed by atoms with Crippen molar-refractivity contribution < 1.29 is 23.1 Å². The standard InChI is InChI=1S/C24H18BrNO5S/c1-15-11-12-20-17(13-15)23(28)24(18(14-22(27)31-24)16-7-3-2-4-8-16)26(20)32(29,30)21-10-6-5-9-19(21)25/h2-14,23,28H,1H3/t23-,24-/m0/s1. The van der Waals surface area contributed by atoms with Gasteiger partial charge in [0.25, 0.3) is 15.7 Å². The van der Waals surface area contributed by atoms with Crippen LogP contribution in [-0.4, -0.2) is 25.2 Å². The summed E-state index contributed by atoms with van der Waals surface area (Å²) in [5.41, 5.74) is 0.359. The first-order valence-electron chi connectivity index (χ1n) is 9.86. The van der Waals surface area contributed by atoms with Crippen LogP contribution in [0.25, 0.3) is 5.57 Å². The number of benzene rings is 3. The summed E-state index contributed by atoms with van der Waals surface area (Å²) in [6, 6.07) is 20.4. The van der Waals surface area contributed by atoms with Gasteiger partial charge in [-0.15, -0.1) is 0 Å². The molecule has 0 saturated carbocycles. The van der Waals surface area contributed by atoms with E-state index < -0.39 is 27.8 Å². The average molecular weight is 512 g/mol. The van der Waals surface area contributed by atoms with Crippen molar-refractivity contribution in [1.82, 2.24) is 0 Å². The minimum absolute atomic E-state index is 0.00430. The molecule has 0 bridgehead atoms. The quantitative estimate of drug-likeness (QED) is 0.528. The molecule has 0 aliphatic carbocycles. The fourth-order valence-corrected chi connectivity index (χ4v) is 7.04. The first kappa shape index (κ1) is 20.9. The number of hydrogen-bond acceptors (Lipinski definition) is 5. The molecule has 2 aliphatic heterocycles. The zero-order valence-electron chi connectivity index (χ0n) is 16.9. The third kappa shape index (κ3) is 2.87. The van der Waals surface area contributed by atoms with Crippen molar-refractivity contribution in [1.29, 1.82) is 0 Å². The fraction of sp³-hybridized carbons (Fsp3) is 0.125. The van der Waals surface area contributed by atoms with Crippen LogP contribution in [0.4, 0.5) is 5.69 Å². The normalized spacial score (nSPS) is 22.1. The molecule has 3 aromatic rings. The summed E-state index contributed by atoms with van der Waals surface area (Å²) in [4.78, 5) is 12.6. The first-order chi connectivity index (χ1) is 15.3. The minimum atomic E-state index is -4.28. The van der Waals surface area contributed by atoms with Crippen LogP contribution in [0.2, 0.25) is 0 Å². The number of carbonyl (C=O) groups is 1. The molecule has 1 spiro atoms. The Morgan fingerprint density at radius 1 is 1.03 bits per heavy atom. The minimum Gasteiger partial charge on any atom is -0.427 e. The third-order valence-electron chi connectivity index (χ3n) is 5.71. The van der Waals surface area contributed by atoms with Gasteiger partial charge in [0.15, 0.2) is 0 Å². The van der Waals surface area contributed by atoms with Crippen LogP contribution in [-0.2, 0) is 19.6 Å². The van der Waals surface area contributed by atoms with E-state index in [1.807, 2.05) is 13.0 Å². The fourth-order valence-electron chi connectivity index (χ4n) is 4.36. The lowest BCUT2D eigenvalue weighted by molar-refractivity contribution is -0.151. The molecule has 3 aromatic carbocycles. The van der Waals surface area contributed by atoms with Gasteiger partial charge in [0.1, 0.15) is 11.0 Å². The second-order valence-electron chi connectivity index (χ2n) is 7.71. The van der Waals surface area contributed by atoms with Crippen molar-refractivity contribution in [3.8, 4) is 0 Å². The number of aliphatic hydroxyl groups is 1. The summed E-state index contributed by atoms with van der Waals surface area (Å²) < 4.78 is 35.2. The molecule has 2 atom stereocenters. The highest BCUT2D eigenvalue weighted by Crippen LogP contribution is 2.57. The maximum absolute atomic E-state index is 14.1. The Hall–Kier alpha value is -2.94. The van der Waals surface area contributed by atoms with E-state index in [1.54, 1.807) is 60.7 Å². The predicted octanol–water partition coefficient (Wildman–Crippen LogP) is 4.34. The maximum atomic E-state index is 14.1. The number of rotatable bonds is 3. The Morgan fingerprint density at radius 3 is 2.44 bits per heavy atom. The number of esters is 1. The summed E-state index contributed by atoms with van der Waals surface area (Å²) in [7, 11) is -4.28. The summed E-state index contributed by atoms with van der Waals surface area (Å²) in [5, 5.41) is 11.5. The van der Waals surface area contributed by atoms with Crippen LogP contribution >= 0.6 is 15.9 Å². The molecular weight excluding hydrogens is 494 g/mol. The van der Waals surface area contributed by atoms with Crippen LogP contribution in [0.3, 0.4) is 0 Å². The van der Waals surface area contributed by atoms with Crippen molar-refractivity contribution >= 4 is 43.2 Å². The van der Waals surface area contributed by atoms with Crippen LogP contribution in [0.1, 0.15) is 22.8 Å². The molecule has 8 heteroatoms. The molecule has 0 unspecified atom stereocenters. The lowest BCUT2D eigenvalue weighted by Gasteiger charge is -2.38. The second kappa shape index (κ2) is 7.30. The molecule has 2 heterocycles. The Morgan fingerprint density at radius 2 is 1.72 bits per heavy atom. The molecule has 2 aliphatic rings. The van der Waals surface area contributed by atoms with Crippen molar-refractivity contribution in [3.05, 3.63) is 100 Å². The highest BCUT2D eigenvalue weighted by molar-refractivity contribution is 9.10. The molecule has 6 nitrogen and oxygen atoms in total. The van der Waals surface area contributed by atoms with Crippen LogP contribution in [0.5, 0.6) is 0 Å². The zero-order valence-corrected chi connectivity index (χ0v) is 19.3. The van der Waals surface area contributed by atoms with Crippen molar-refractivity contribution in [2.45, 2.75) is 23.6 Å². The van der Waals surface area contributed by atoms with E-state index in [0.29, 0.717) is 15.6 Å². The van der Waals surface area contributed by atoms with Gasteiger partial charge in [-0.1, -0.05) is 60.2 Å². The topological polar surface area (TPSA) is 83.9 Å². The van der Waals surface area contributed by atoms with E-state index in [9.17, 15) is 18.3 Å². The summed E-state index contributed by atoms with van der Waals surface area (Å²) in [5.74, 6) is -0.722. The number of aryl methyl sites for hydroxylation is 1. The number of anilines is 1. The van der Waals surface area contributed by atoms with E-state index in [0.717, 1.165) is 9.87 Å². The Balaban J connectivity index is 1.83.